The van der Waals surface area contributed by atoms with Crippen molar-refractivity contribution >= 4 is 34.6 Å². The van der Waals surface area contributed by atoms with Crippen LogP contribution in [0.4, 0.5) is 11.4 Å². The highest BCUT2D eigenvalue weighted by atomic mass is 35.5. The number of benzene rings is 3. The van der Waals surface area contributed by atoms with E-state index in [4.69, 9.17) is 37.4 Å². The van der Waals surface area contributed by atoms with Gasteiger partial charge in [0, 0.05) is 60.5 Å². The Labute approximate surface area is 269 Å². The van der Waals surface area contributed by atoms with Gasteiger partial charge in [0.15, 0.2) is 0 Å². The Morgan fingerprint density at radius 3 is 2.22 bits per heavy atom. The van der Waals surface area contributed by atoms with Crippen LogP contribution >= 0.6 is 23.2 Å². The van der Waals surface area contributed by atoms with Crippen LogP contribution in [0.25, 0.3) is 5.69 Å². The van der Waals surface area contributed by atoms with E-state index < -0.39 is 5.79 Å². The predicted molar refractivity (Wildman–Crippen MR) is 172 cm³/mol. The molecule has 7 rings (SSSR count). The number of rotatable bonds is 9. The van der Waals surface area contributed by atoms with Crippen LogP contribution < -0.4 is 20.2 Å². The van der Waals surface area contributed by atoms with E-state index in [0.29, 0.717) is 35.4 Å². The van der Waals surface area contributed by atoms with Gasteiger partial charge in [-0.2, -0.15) is 5.10 Å². The molecule has 0 bridgehead atoms. The lowest BCUT2D eigenvalue weighted by atomic mass is 10.1. The first-order valence-electron chi connectivity index (χ1n) is 14.6. The molecule has 2 aromatic heterocycles. The molecular weight excluding hydrogens is 617 g/mol. The zero-order chi connectivity index (χ0) is 30.8. The second kappa shape index (κ2) is 12.6. The van der Waals surface area contributed by atoms with Gasteiger partial charge in [-0.05, 0) is 60.7 Å². The summed E-state index contributed by atoms with van der Waals surface area (Å²) in [6.45, 7) is 4.61. The van der Waals surface area contributed by atoms with Crippen molar-refractivity contribution in [3.05, 3.63) is 118 Å². The Bertz CT molecular complexity index is 1790. The van der Waals surface area contributed by atoms with Crippen LogP contribution in [-0.4, -0.2) is 69.8 Å². The van der Waals surface area contributed by atoms with Crippen LogP contribution in [0.2, 0.25) is 10.0 Å². The van der Waals surface area contributed by atoms with Gasteiger partial charge in [0.25, 0.3) is 0 Å². The monoisotopic (exact) mass is 647 g/mol. The lowest BCUT2D eigenvalue weighted by Gasteiger charge is -2.37. The number of aromatic nitrogens is 5. The number of halogens is 2. The van der Waals surface area contributed by atoms with Crippen LogP contribution in [0.5, 0.6) is 5.75 Å². The van der Waals surface area contributed by atoms with Crippen molar-refractivity contribution in [3.8, 4) is 11.4 Å². The largest absolute Gasteiger partial charge is 0.491 e. The maximum Gasteiger partial charge on any atom is 0.347 e. The van der Waals surface area contributed by atoms with Crippen molar-refractivity contribution < 1.29 is 14.2 Å². The summed E-state index contributed by atoms with van der Waals surface area (Å²) in [4.78, 5) is 20.7. The number of hydrogen-bond donors (Lipinski definition) is 1. The minimum Gasteiger partial charge on any atom is -0.491 e. The highest BCUT2D eigenvalue weighted by Gasteiger charge is 2.45. The molecule has 232 valence electrons. The fraction of sp³-hybridized carbons (Fsp3) is 0.281. The van der Waals surface area contributed by atoms with Crippen molar-refractivity contribution in [2.75, 3.05) is 49.2 Å². The number of ether oxygens (including phenoxy) is 3. The molecule has 45 heavy (non-hydrogen) atoms. The van der Waals surface area contributed by atoms with Crippen LogP contribution in [0.15, 0.2) is 96.6 Å². The van der Waals surface area contributed by atoms with Gasteiger partial charge in [-0.1, -0.05) is 29.3 Å². The summed E-state index contributed by atoms with van der Waals surface area (Å²) in [7, 11) is 0. The molecule has 1 unspecified atom stereocenters. The van der Waals surface area contributed by atoms with Gasteiger partial charge in [0.2, 0.25) is 5.79 Å². The van der Waals surface area contributed by atoms with E-state index in [2.05, 4.69) is 37.1 Å². The zero-order valence-corrected chi connectivity index (χ0v) is 25.8. The van der Waals surface area contributed by atoms with E-state index in [0.717, 1.165) is 49.0 Å². The smallest absolute Gasteiger partial charge is 0.347 e. The number of anilines is 2. The lowest BCUT2D eigenvalue weighted by molar-refractivity contribution is -0.189. The first kappa shape index (κ1) is 29.4. The van der Waals surface area contributed by atoms with Crippen LogP contribution in [0.1, 0.15) is 5.56 Å². The van der Waals surface area contributed by atoms with Crippen molar-refractivity contribution in [1.82, 2.24) is 24.3 Å². The Morgan fingerprint density at radius 1 is 0.911 bits per heavy atom. The van der Waals surface area contributed by atoms with Crippen LogP contribution in [0.3, 0.4) is 0 Å². The topological polar surface area (TPSA) is 103 Å². The van der Waals surface area contributed by atoms with E-state index in [9.17, 15) is 4.79 Å². The highest BCUT2D eigenvalue weighted by Crippen LogP contribution is 2.40. The molecule has 1 N–H and O–H groups in total. The standard InChI is InChI=1S/C32H31Cl2N7O4/c33-23-1-10-29(30(34)17-23)32(20-38-12-11-35-21-38)44-19-28(45-32)18-43-27-8-6-25(7-9-27)40-15-13-39(14-16-40)24-2-4-26(5-3-24)41-22-36-37-31(41)42/h1-12,17,21-22,28H,13-16,18-20H2,(H,37,42)/t28-,32?/m1/s1. The summed E-state index contributed by atoms with van der Waals surface area (Å²) < 4.78 is 22.3. The molecule has 11 nitrogen and oxygen atoms in total. The van der Waals surface area contributed by atoms with Crippen molar-refractivity contribution in [2.24, 2.45) is 0 Å². The van der Waals surface area contributed by atoms with Crippen LogP contribution in [0, 0.1) is 0 Å². The Hall–Kier alpha value is -4.29. The van der Waals surface area contributed by atoms with Gasteiger partial charge >= 0.3 is 5.69 Å². The van der Waals surface area contributed by atoms with Gasteiger partial charge in [0.1, 0.15) is 24.8 Å². The molecule has 5 aromatic rings. The highest BCUT2D eigenvalue weighted by molar-refractivity contribution is 6.35. The second-order valence-corrected chi connectivity index (χ2v) is 11.8. The number of nitrogens with zero attached hydrogens (tertiary/aromatic N) is 6. The number of aromatic amines is 1. The Morgan fingerprint density at radius 2 is 1.60 bits per heavy atom. The molecule has 0 spiro atoms. The normalized spacial score (nSPS) is 20.1. The molecule has 0 saturated carbocycles. The predicted octanol–water partition coefficient (Wildman–Crippen LogP) is 4.74. The maximum absolute atomic E-state index is 11.8. The van der Waals surface area contributed by atoms with Crippen molar-refractivity contribution in [1.29, 1.82) is 0 Å². The van der Waals surface area contributed by atoms with E-state index in [1.807, 2.05) is 53.2 Å². The zero-order valence-electron chi connectivity index (χ0n) is 24.3. The molecule has 13 heteroatoms. The minimum atomic E-state index is -1.09. The van der Waals surface area contributed by atoms with Gasteiger partial charge < -0.3 is 28.6 Å². The molecule has 0 aliphatic carbocycles. The number of H-pyrrole nitrogens is 1. The van der Waals surface area contributed by atoms with E-state index in [1.54, 1.807) is 24.7 Å². The molecule has 2 atom stereocenters. The summed E-state index contributed by atoms with van der Waals surface area (Å²) in [5, 5.41) is 7.23. The third-order valence-corrected chi connectivity index (χ3v) is 8.66. The summed E-state index contributed by atoms with van der Waals surface area (Å²) in [5.41, 5.74) is 3.51. The fourth-order valence-electron chi connectivity index (χ4n) is 5.80. The molecule has 4 heterocycles. The molecule has 0 radical (unpaired) electrons. The quantitative estimate of drug-likeness (QED) is 0.245. The summed E-state index contributed by atoms with van der Waals surface area (Å²) >= 11 is 12.7. The third-order valence-electron chi connectivity index (χ3n) is 8.11. The van der Waals surface area contributed by atoms with E-state index in [-0.39, 0.29) is 11.8 Å². The lowest BCUT2D eigenvalue weighted by Crippen LogP contribution is -2.46. The Balaban J connectivity index is 0.936. The molecular formula is C32H31Cl2N7O4. The first-order chi connectivity index (χ1) is 22.0. The number of piperazine rings is 1. The summed E-state index contributed by atoms with van der Waals surface area (Å²) in [6.07, 6.45) is 6.46. The third kappa shape index (κ3) is 6.30. The summed E-state index contributed by atoms with van der Waals surface area (Å²) in [5.74, 6) is -0.335. The van der Waals surface area contributed by atoms with E-state index in [1.165, 1.54) is 10.9 Å². The minimum absolute atomic E-state index is 0.253. The first-order valence-corrected chi connectivity index (χ1v) is 15.4. The molecule has 2 fully saturated rings. The average molecular weight is 649 g/mol. The molecule has 2 aliphatic rings. The van der Waals surface area contributed by atoms with Gasteiger partial charge in [0.05, 0.1) is 30.2 Å². The summed E-state index contributed by atoms with van der Waals surface area (Å²) in [6, 6.07) is 21.4. The number of hydrogen-bond acceptors (Lipinski definition) is 8. The van der Waals surface area contributed by atoms with Crippen LogP contribution in [-0.2, 0) is 21.8 Å². The average Bonchev–Trinajstić information content (AvgIpc) is 3.83. The molecule has 3 aromatic carbocycles. The SMILES string of the molecule is O=c1[nH]ncn1-c1ccc(N2CCN(c3ccc(OC[C@@H]4COC(Cn5ccnc5)(c5ccc(Cl)cc5Cl)O4)cc3)CC2)cc1. The van der Waals surface area contributed by atoms with Crippen molar-refractivity contribution in [2.45, 2.75) is 18.4 Å². The molecule has 0 amide bonds. The maximum atomic E-state index is 11.8. The second-order valence-electron chi connectivity index (χ2n) is 11.0. The number of imidazole rings is 1. The molecule has 2 aliphatic heterocycles. The van der Waals surface area contributed by atoms with Crippen molar-refractivity contribution in [3.63, 3.8) is 0 Å². The van der Waals surface area contributed by atoms with Gasteiger partial charge in [-0.15, -0.1) is 0 Å². The van der Waals surface area contributed by atoms with Gasteiger partial charge in [-0.25, -0.2) is 19.4 Å². The Kier molecular flexibility index (Phi) is 8.24. The van der Waals surface area contributed by atoms with E-state index >= 15 is 0 Å². The fourth-order valence-corrected chi connectivity index (χ4v) is 6.35. The number of nitrogens with one attached hydrogen (secondary N) is 1. The molecule has 2 saturated heterocycles. The van der Waals surface area contributed by atoms with Gasteiger partial charge in [-0.3, -0.25) is 0 Å².